The zero-order valence-electron chi connectivity index (χ0n) is 20.4. The van der Waals surface area contributed by atoms with Gasteiger partial charge >= 0.3 is 6.18 Å². The number of fused-ring (bicyclic) bond motifs is 1. The van der Waals surface area contributed by atoms with Gasteiger partial charge in [-0.15, -0.1) is 5.10 Å². The van der Waals surface area contributed by atoms with Crippen LogP contribution >= 0.6 is 11.6 Å². The SMILES string of the molecule is CC(F)(F)c1ccc(S(=O)(=O)n2nc(N3CCN(c4ncc(F)cn4)C[C@H]3C(F)(F)F)c3c(Cl)cccc32)cc1. The van der Waals surface area contributed by atoms with Crippen molar-refractivity contribution in [1.82, 2.24) is 19.2 Å². The summed E-state index contributed by atoms with van der Waals surface area (Å²) >= 11 is 6.36. The van der Waals surface area contributed by atoms with E-state index in [9.17, 15) is 34.8 Å². The van der Waals surface area contributed by atoms with E-state index in [0.29, 0.717) is 11.0 Å². The molecule has 0 aliphatic carbocycles. The Morgan fingerprint density at radius 2 is 1.62 bits per heavy atom. The molecule has 16 heteroatoms. The number of halogens is 7. The van der Waals surface area contributed by atoms with Gasteiger partial charge in [-0.2, -0.15) is 25.7 Å². The Kier molecular flexibility index (Phi) is 6.85. The molecular weight excluding hydrogens is 586 g/mol. The van der Waals surface area contributed by atoms with Crippen LogP contribution in [-0.4, -0.2) is 59.4 Å². The minimum atomic E-state index is -4.81. The minimum Gasteiger partial charge on any atom is -0.339 e. The molecule has 0 spiro atoms. The van der Waals surface area contributed by atoms with Crippen molar-refractivity contribution in [1.29, 1.82) is 0 Å². The number of piperazine rings is 1. The summed E-state index contributed by atoms with van der Waals surface area (Å²) in [5, 5.41) is 4.01. The van der Waals surface area contributed by atoms with Gasteiger partial charge in [0, 0.05) is 25.6 Å². The van der Waals surface area contributed by atoms with Crippen molar-refractivity contribution in [2.75, 3.05) is 29.4 Å². The van der Waals surface area contributed by atoms with E-state index in [0.717, 1.165) is 41.6 Å². The zero-order chi connectivity index (χ0) is 29.0. The van der Waals surface area contributed by atoms with Gasteiger partial charge in [-0.3, -0.25) is 0 Å². The molecule has 0 saturated carbocycles. The van der Waals surface area contributed by atoms with Crippen LogP contribution in [-0.2, 0) is 15.9 Å². The minimum absolute atomic E-state index is 0.0313. The number of anilines is 2. The van der Waals surface area contributed by atoms with Gasteiger partial charge in [-0.05, 0) is 24.3 Å². The van der Waals surface area contributed by atoms with Gasteiger partial charge in [-0.1, -0.05) is 29.8 Å². The Morgan fingerprint density at radius 3 is 2.23 bits per heavy atom. The van der Waals surface area contributed by atoms with Crippen LogP contribution in [0.3, 0.4) is 0 Å². The molecule has 2 aromatic heterocycles. The van der Waals surface area contributed by atoms with Crippen molar-refractivity contribution in [3.8, 4) is 0 Å². The maximum atomic E-state index is 14.4. The summed E-state index contributed by atoms with van der Waals surface area (Å²) in [6.07, 6.45) is -3.13. The molecule has 0 N–H and O–H groups in total. The van der Waals surface area contributed by atoms with E-state index >= 15 is 0 Å². The largest absolute Gasteiger partial charge is 0.410 e. The summed E-state index contributed by atoms with van der Waals surface area (Å²) in [6.45, 7) is -0.322. The van der Waals surface area contributed by atoms with Crippen LogP contribution < -0.4 is 9.80 Å². The number of aromatic nitrogens is 4. The fourth-order valence-corrected chi connectivity index (χ4v) is 5.98. The highest BCUT2D eigenvalue weighted by atomic mass is 35.5. The summed E-state index contributed by atoms with van der Waals surface area (Å²) in [5.74, 6) is -4.40. The lowest BCUT2D eigenvalue weighted by Crippen LogP contribution is -2.60. The van der Waals surface area contributed by atoms with Gasteiger partial charge < -0.3 is 9.80 Å². The molecule has 1 aliphatic rings. The maximum Gasteiger partial charge on any atom is 0.410 e. The molecule has 5 rings (SSSR count). The molecule has 40 heavy (non-hydrogen) atoms. The highest BCUT2D eigenvalue weighted by Gasteiger charge is 2.48. The fourth-order valence-electron chi connectivity index (χ4n) is 4.45. The van der Waals surface area contributed by atoms with Gasteiger partial charge in [0.05, 0.1) is 39.8 Å². The van der Waals surface area contributed by atoms with Crippen molar-refractivity contribution in [2.45, 2.75) is 30.0 Å². The van der Waals surface area contributed by atoms with Crippen LogP contribution in [0.25, 0.3) is 10.9 Å². The van der Waals surface area contributed by atoms with Gasteiger partial charge in [-0.25, -0.2) is 23.1 Å². The molecule has 8 nitrogen and oxygen atoms in total. The summed E-state index contributed by atoms with van der Waals surface area (Å²) in [6, 6.07) is 5.77. The van der Waals surface area contributed by atoms with Crippen LogP contribution in [0.4, 0.5) is 38.1 Å². The first-order chi connectivity index (χ1) is 18.7. The van der Waals surface area contributed by atoms with E-state index in [-0.39, 0.29) is 40.8 Å². The number of benzene rings is 2. The Bertz CT molecular complexity index is 1660. The maximum absolute atomic E-state index is 14.4. The molecule has 3 heterocycles. The van der Waals surface area contributed by atoms with Crippen molar-refractivity contribution >= 4 is 44.3 Å². The number of nitrogens with zero attached hydrogens (tertiary/aromatic N) is 6. The van der Waals surface area contributed by atoms with E-state index < -0.39 is 51.0 Å². The molecule has 0 radical (unpaired) electrons. The lowest BCUT2D eigenvalue weighted by atomic mass is 10.1. The second-order valence-corrected chi connectivity index (χ2v) is 11.3. The molecule has 1 aliphatic heterocycles. The molecule has 4 aromatic rings. The van der Waals surface area contributed by atoms with Crippen LogP contribution in [0.1, 0.15) is 12.5 Å². The second kappa shape index (κ2) is 9.80. The average molecular weight is 605 g/mol. The first-order valence-corrected chi connectivity index (χ1v) is 13.5. The van der Waals surface area contributed by atoms with E-state index in [1.807, 2.05) is 0 Å². The Labute approximate surface area is 228 Å². The van der Waals surface area contributed by atoms with Gasteiger partial charge in [0.2, 0.25) is 5.95 Å². The summed E-state index contributed by atoms with van der Waals surface area (Å²) < 4.78 is 111. The van der Waals surface area contributed by atoms with Gasteiger partial charge in [0.15, 0.2) is 11.6 Å². The molecule has 0 bridgehead atoms. The molecule has 212 valence electrons. The molecule has 0 amide bonds. The Morgan fingerprint density at radius 1 is 0.975 bits per heavy atom. The monoisotopic (exact) mass is 604 g/mol. The van der Waals surface area contributed by atoms with Crippen molar-refractivity contribution < 1.29 is 34.8 Å². The Hall–Kier alpha value is -3.59. The summed E-state index contributed by atoms with van der Waals surface area (Å²) in [7, 11) is -4.55. The van der Waals surface area contributed by atoms with Crippen molar-refractivity contribution in [3.05, 3.63) is 71.3 Å². The topological polar surface area (TPSA) is 84.2 Å². The number of hydrogen-bond acceptors (Lipinski definition) is 7. The number of hydrogen-bond donors (Lipinski definition) is 0. The zero-order valence-corrected chi connectivity index (χ0v) is 22.0. The average Bonchev–Trinajstić information content (AvgIpc) is 3.30. The van der Waals surface area contributed by atoms with E-state index in [1.54, 1.807) is 0 Å². The smallest absolute Gasteiger partial charge is 0.339 e. The van der Waals surface area contributed by atoms with Crippen LogP contribution in [0.2, 0.25) is 5.02 Å². The Balaban J connectivity index is 1.60. The number of alkyl halides is 5. The highest BCUT2D eigenvalue weighted by molar-refractivity contribution is 7.90. The van der Waals surface area contributed by atoms with Crippen LogP contribution in [0.15, 0.2) is 59.8 Å². The molecule has 2 aromatic carbocycles. The third kappa shape index (κ3) is 5.03. The standard InChI is InChI=1S/C24H19ClF6N6O2S/c1-23(27,28)14-5-7-16(8-6-14)40(38,39)37-18-4-2-3-17(25)20(18)21(34-37)36-10-9-35(13-19(36)24(29,30)31)22-32-11-15(26)12-33-22/h2-8,11-12,19H,9-10,13H2,1H3/t19-/m0/s1. The molecular formula is C24H19ClF6N6O2S. The highest BCUT2D eigenvalue weighted by Crippen LogP contribution is 2.39. The first-order valence-electron chi connectivity index (χ1n) is 11.6. The summed E-state index contributed by atoms with van der Waals surface area (Å²) in [5.41, 5.74) is -0.519. The number of rotatable bonds is 5. The third-order valence-electron chi connectivity index (χ3n) is 6.41. The second-order valence-electron chi connectivity index (χ2n) is 9.12. The van der Waals surface area contributed by atoms with E-state index in [1.165, 1.54) is 23.1 Å². The predicted octanol–water partition coefficient (Wildman–Crippen LogP) is 5.23. The lowest BCUT2D eigenvalue weighted by molar-refractivity contribution is -0.148. The van der Waals surface area contributed by atoms with E-state index in [4.69, 9.17) is 11.6 Å². The normalized spacial score (nSPS) is 17.1. The van der Waals surface area contributed by atoms with E-state index in [2.05, 4.69) is 15.1 Å². The molecule has 1 saturated heterocycles. The summed E-state index contributed by atoms with van der Waals surface area (Å²) in [4.78, 5) is 9.25. The first kappa shape index (κ1) is 28.0. The molecule has 1 atom stereocenters. The van der Waals surface area contributed by atoms with Gasteiger partial charge in [0.25, 0.3) is 15.9 Å². The van der Waals surface area contributed by atoms with Crippen molar-refractivity contribution in [3.63, 3.8) is 0 Å². The van der Waals surface area contributed by atoms with Gasteiger partial charge in [0.1, 0.15) is 6.04 Å². The third-order valence-corrected chi connectivity index (χ3v) is 8.33. The van der Waals surface area contributed by atoms with Crippen LogP contribution in [0, 0.1) is 5.82 Å². The lowest BCUT2D eigenvalue weighted by Gasteiger charge is -2.42. The van der Waals surface area contributed by atoms with Crippen LogP contribution in [0.5, 0.6) is 0 Å². The fraction of sp³-hybridized carbons (Fsp3) is 0.292. The molecule has 0 unspecified atom stereocenters. The predicted molar refractivity (Wildman–Crippen MR) is 135 cm³/mol. The molecule has 1 fully saturated rings. The quantitative estimate of drug-likeness (QED) is 0.289. The van der Waals surface area contributed by atoms with Crippen molar-refractivity contribution in [2.24, 2.45) is 0 Å².